The fourth-order valence-corrected chi connectivity index (χ4v) is 5.31. The molecule has 2 aromatic carbocycles. The van der Waals surface area contributed by atoms with Gasteiger partial charge in [-0.15, -0.1) is 0 Å². The van der Waals surface area contributed by atoms with E-state index in [2.05, 4.69) is 42.4 Å². The number of phenols is 1. The normalized spacial score (nSPS) is 17.6. The predicted molar refractivity (Wildman–Crippen MR) is 147 cm³/mol. The van der Waals surface area contributed by atoms with E-state index in [1.54, 1.807) is 11.9 Å². The number of amides is 1. The van der Waals surface area contributed by atoms with Gasteiger partial charge < -0.3 is 14.7 Å². The molecule has 0 aliphatic heterocycles. The number of benzene rings is 2. The van der Waals surface area contributed by atoms with Gasteiger partial charge in [0.05, 0.1) is 0 Å². The van der Waals surface area contributed by atoms with E-state index >= 15 is 0 Å². The summed E-state index contributed by atoms with van der Waals surface area (Å²) in [6, 6.07) is 11.7. The van der Waals surface area contributed by atoms with Gasteiger partial charge in [-0.25, -0.2) is 4.79 Å². The highest BCUT2D eigenvalue weighted by Crippen LogP contribution is 2.47. The van der Waals surface area contributed by atoms with Crippen LogP contribution in [0.2, 0.25) is 0 Å². The number of allylic oxidation sites excluding steroid dienone is 3. The summed E-state index contributed by atoms with van der Waals surface area (Å²) in [6.45, 7) is 11.0. The Labute approximate surface area is 218 Å². The Kier molecular flexibility index (Phi) is 9.62. The SMILES string of the molecule is C=C(C)[C@@H]1CCC(C)=C[C@H]1c1c(O)cc(CCCCC)cc1OC(=O)N(C)Cc1cccc(Br)c1. The molecule has 0 saturated heterocycles. The van der Waals surface area contributed by atoms with Crippen molar-refractivity contribution in [2.45, 2.75) is 71.8 Å². The van der Waals surface area contributed by atoms with E-state index in [-0.39, 0.29) is 17.6 Å². The van der Waals surface area contributed by atoms with Crippen molar-refractivity contribution in [1.29, 1.82) is 0 Å². The molecule has 1 amide bonds. The van der Waals surface area contributed by atoms with Gasteiger partial charge in [0, 0.05) is 29.5 Å². The van der Waals surface area contributed by atoms with Crippen molar-refractivity contribution in [2.24, 2.45) is 5.92 Å². The summed E-state index contributed by atoms with van der Waals surface area (Å²) in [6.07, 6.45) is 7.85. The van der Waals surface area contributed by atoms with Crippen molar-refractivity contribution in [1.82, 2.24) is 4.90 Å². The van der Waals surface area contributed by atoms with E-state index in [1.165, 1.54) is 5.57 Å². The monoisotopic (exact) mass is 539 g/mol. The van der Waals surface area contributed by atoms with Crippen LogP contribution in [-0.2, 0) is 13.0 Å². The highest BCUT2D eigenvalue weighted by molar-refractivity contribution is 9.10. The van der Waals surface area contributed by atoms with Crippen LogP contribution >= 0.6 is 15.9 Å². The third kappa shape index (κ3) is 7.23. The van der Waals surface area contributed by atoms with E-state index in [0.29, 0.717) is 17.9 Å². The molecule has 4 nitrogen and oxygen atoms in total. The second-order valence-corrected chi connectivity index (χ2v) is 10.8. The van der Waals surface area contributed by atoms with Crippen LogP contribution in [0.25, 0.3) is 0 Å². The number of aryl methyl sites for hydroxylation is 1. The summed E-state index contributed by atoms with van der Waals surface area (Å²) in [7, 11) is 1.73. The molecule has 1 N–H and O–H groups in total. The second kappa shape index (κ2) is 12.4. The van der Waals surface area contributed by atoms with Gasteiger partial charge in [0.25, 0.3) is 0 Å². The average molecular weight is 541 g/mol. The number of carbonyl (C=O) groups excluding carboxylic acids is 1. The van der Waals surface area contributed by atoms with Crippen LogP contribution < -0.4 is 4.74 Å². The van der Waals surface area contributed by atoms with Crippen molar-refractivity contribution < 1.29 is 14.6 Å². The molecule has 0 fully saturated rings. The fraction of sp³-hybridized carbons (Fsp3) is 0.433. The predicted octanol–water partition coefficient (Wildman–Crippen LogP) is 8.53. The van der Waals surface area contributed by atoms with Gasteiger partial charge in [0.2, 0.25) is 0 Å². The Balaban J connectivity index is 1.95. The molecule has 0 heterocycles. The summed E-state index contributed by atoms with van der Waals surface area (Å²) < 4.78 is 6.98. The van der Waals surface area contributed by atoms with Crippen LogP contribution in [0.3, 0.4) is 0 Å². The maximum atomic E-state index is 13.2. The summed E-state index contributed by atoms with van der Waals surface area (Å²) in [5.74, 6) is 0.750. The number of unbranched alkanes of at least 4 members (excludes halogenated alkanes) is 2. The molecule has 0 spiro atoms. The van der Waals surface area contributed by atoms with E-state index in [9.17, 15) is 9.90 Å². The summed E-state index contributed by atoms with van der Waals surface area (Å²) in [5, 5.41) is 11.2. The molecule has 0 bridgehead atoms. The van der Waals surface area contributed by atoms with E-state index < -0.39 is 6.09 Å². The van der Waals surface area contributed by atoms with Crippen molar-refractivity contribution in [3.05, 3.63) is 81.4 Å². The quantitative estimate of drug-likeness (QED) is 0.256. The molecule has 0 aromatic heterocycles. The molecule has 5 heteroatoms. The number of rotatable bonds is 9. The van der Waals surface area contributed by atoms with E-state index in [0.717, 1.165) is 59.7 Å². The van der Waals surface area contributed by atoms with Crippen molar-refractivity contribution in [3.8, 4) is 11.5 Å². The van der Waals surface area contributed by atoms with E-state index in [4.69, 9.17) is 4.74 Å². The van der Waals surface area contributed by atoms with Gasteiger partial charge >= 0.3 is 6.09 Å². The smallest absolute Gasteiger partial charge is 0.415 e. The maximum Gasteiger partial charge on any atom is 0.415 e. The number of phenolic OH excluding ortho intramolecular Hbond substituents is 1. The zero-order chi connectivity index (χ0) is 25.5. The zero-order valence-corrected chi connectivity index (χ0v) is 23.0. The first-order chi connectivity index (χ1) is 16.7. The first kappa shape index (κ1) is 27.1. The number of ether oxygens (including phenoxy) is 1. The summed E-state index contributed by atoms with van der Waals surface area (Å²) in [4.78, 5) is 14.7. The summed E-state index contributed by atoms with van der Waals surface area (Å²) in [5.41, 5.74) is 5.03. The molecule has 0 saturated carbocycles. The van der Waals surface area contributed by atoms with Crippen LogP contribution in [0.4, 0.5) is 4.79 Å². The molecule has 2 aromatic rings. The number of halogens is 1. The zero-order valence-electron chi connectivity index (χ0n) is 21.4. The number of nitrogens with zero attached hydrogens (tertiary/aromatic N) is 1. The molecular weight excluding hydrogens is 502 g/mol. The highest BCUT2D eigenvalue weighted by atomic mass is 79.9. The molecule has 35 heavy (non-hydrogen) atoms. The number of aromatic hydroxyl groups is 1. The Morgan fingerprint density at radius 3 is 2.69 bits per heavy atom. The number of carbonyl (C=O) groups is 1. The number of hydrogen-bond donors (Lipinski definition) is 1. The van der Waals surface area contributed by atoms with Crippen LogP contribution in [0.1, 0.15) is 75.5 Å². The van der Waals surface area contributed by atoms with Gasteiger partial charge in [-0.05, 0) is 80.8 Å². The Morgan fingerprint density at radius 2 is 2.00 bits per heavy atom. The number of hydrogen-bond acceptors (Lipinski definition) is 3. The lowest BCUT2D eigenvalue weighted by Crippen LogP contribution is -2.30. The van der Waals surface area contributed by atoms with Crippen LogP contribution in [-0.4, -0.2) is 23.1 Å². The maximum absolute atomic E-state index is 13.2. The minimum absolute atomic E-state index is 0.0795. The largest absolute Gasteiger partial charge is 0.507 e. The molecule has 3 rings (SSSR count). The molecule has 0 radical (unpaired) electrons. The first-order valence-corrected chi connectivity index (χ1v) is 13.3. The molecule has 1 aliphatic carbocycles. The van der Waals surface area contributed by atoms with Crippen molar-refractivity contribution >= 4 is 22.0 Å². The lowest BCUT2D eigenvalue weighted by molar-refractivity contribution is 0.160. The van der Waals surface area contributed by atoms with Crippen molar-refractivity contribution in [3.63, 3.8) is 0 Å². The lowest BCUT2D eigenvalue weighted by atomic mass is 9.73. The fourth-order valence-electron chi connectivity index (χ4n) is 4.86. The van der Waals surface area contributed by atoms with Gasteiger partial charge in [0.15, 0.2) is 0 Å². The van der Waals surface area contributed by atoms with Crippen LogP contribution in [0, 0.1) is 5.92 Å². The molecular formula is C30H38BrNO3. The first-order valence-electron chi connectivity index (χ1n) is 12.6. The van der Waals surface area contributed by atoms with Crippen LogP contribution in [0.5, 0.6) is 11.5 Å². The Morgan fingerprint density at radius 1 is 1.23 bits per heavy atom. The molecule has 2 atom stereocenters. The minimum atomic E-state index is -0.445. The third-order valence-electron chi connectivity index (χ3n) is 6.78. The Hall–Kier alpha value is -2.53. The summed E-state index contributed by atoms with van der Waals surface area (Å²) >= 11 is 3.49. The molecule has 188 valence electrons. The average Bonchev–Trinajstić information content (AvgIpc) is 2.79. The van der Waals surface area contributed by atoms with Crippen LogP contribution in [0.15, 0.2) is 64.7 Å². The van der Waals surface area contributed by atoms with E-state index in [1.807, 2.05) is 43.3 Å². The second-order valence-electron chi connectivity index (χ2n) is 9.87. The molecule has 0 unspecified atom stereocenters. The Bertz CT molecular complexity index is 1090. The van der Waals surface area contributed by atoms with Gasteiger partial charge in [-0.1, -0.05) is 71.6 Å². The minimum Gasteiger partial charge on any atom is -0.507 e. The topological polar surface area (TPSA) is 49.8 Å². The highest BCUT2D eigenvalue weighted by Gasteiger charge is 2.31. The van der Waals surface area contributed by atoms with Crippen molar-refractivity contribution in [2.75, 3.05) is 7.05 Å². The van der Waals surface area contributed by atoms with Gasteiger partial charge in [-0.3, -0.25) is 0 Å². The third-order valence-corrected chi connectivity index (χ3v) is 7.27. The standard InChI is InChI=1S/C30H38BrNO3/c1-6-7-8-10-22-17-27(33)29(26-15-21(4)13-14-25(26)20(2)3)28(18-22)35-30(34)32(5)19-23-11-9-12-24(31)16-23/h9,11-12,15-18,25-26,33H,2,6-8,10,13-14,19H2,1,3-5H3/t25-,26+/m0/s1. The van der Waals surface area contributed by atoms with Gasteiger partial charge in [-0.2, -0.15) is 0 Å². The molecule has 1 aliphatic rings. The van der Waals surface area contributed by atoms with Gasteiger partial charge in [0.1, 0.15) is 11.5 Å². The lowest BCUT2D eigenvalue weighted by Gasteiger charge is -2.32.